The molecule has 0 spiro atoms. The minimum Gasteiger partial charge on any atom is -0.493 e. The van der Waals surface area contributed by atoms with Crippen LogP contribution in [0.2, 0.25) is 0 Å². The van der Waals surface area contributed by atoms with E-state index in [-0.39, 0.29) is 0 Å². The van der Waals surface area contributed by atoms with Gasteiger partial charge in [0.15, 0.2) is 11.5 Å². The summed E-state index contributed by atoms with van der Waals surface area (Å²) in [6.45, 7) is 3.81. The molecule has 0 saturated carbocycles. The largest absolute Gasteiger partial charge is 0.493 e. The topological polar surface area (TPSA) is 35.5 Å². The minimum atomic E-state index is 0.624. The van der Waals surface area contributed by atoms with Crippen molar-refractivity contribution >= 4 is 18.4 Å². The van der Waals surface area contributed by atoms with Crippen LogP contribution in [0.4, 0.5) is 0 Å². The van der Waals surface area contributed by atoms with Gasteiger partial charge in [-0.15, -0.1) is 0 Å². The first-order chi connectivity index (χ1) is 9.26. The van der Waals surface area contributed by atoms with Crippen molar-refractivity contribution in [3.8, 4) is 11.5 Å². The van der Waals surface area contributed by atoms with Gasteiger partial charge in [0.2, 0.25) is 0 Å². The molecule has 1 aromatic carbocycles. The Morgan fingerprint density at radius 1 is 1.11 bits per heavy atom. The standard InChI is InChI=1S/C16H18O3/c1-4-7-14-11-13(8-6-9-17)12-15(18-3)16(14)19-10-5-2/h4-12H,1-3H3/b7-4?,8-6+,10-5?. The zero-order chi connectivity index (χ0) is 14.1. The monoisotopic (exact) mass is 258 g/mol. The Morgan fingerprint density at radius 3 is 2.47 bits per heavy atom. The number of benzene rings is 1. The number of ether oxygens (including phenoxy) is 2. The fourth-order valence-electron chi connectivity index (χ4n) is 1.61. The molecule has 0 aliphatic carbocycles. The third-order valence-corrected chi connectivity index (χ3v) is 2.36. The van der Waals surface area contributed by atoms with Crippen LogP contribution >= 0.6 is 0 Å². The van der Waals surface area contributed by atoms with E-state index in [1.807, 2.05) is 38.1 Å². The van der Waals surface area contributed by atoms with Crippen LogP contribution in [0.25, 0.3) is 12.2 Å². The van der Waals surface area contributed by atoms with E-state index in [1.54, 1.807) is 25.5 Å². The summed E-state index contributed by atoms with van der Waals surface area (Å²) in [6, 6.07) is 3.76. The highest BCUT2D eigenvalue weighted by atomic mass is 16.5. The van der Waals surface area contributed by atoms with Gasteiger partial charge in [-0.25, -0.2) is 0 Å². The number of rotatable bonds is 6. The van der Waals surface area contributed by atoms with Crippen LogP contribution in [0.1, 0.15) is 25.0 Å². The van der Waals surface area contributed by atoms with Crippen molar-refractivity contribution in [2.45, 2.75) is 13.8 Å². The normalized spacial score (nSPS) is 11.5. The summed E-state index contributed by atoms with van der Waals surface area (Å²) in [7, 11) is 1.59. The first kappa shape index (κ1) is 14.8. The molecule has 0 fully saturated rings. The van der Waals surface area contributed by atoms with E-state index >= 15 is 0 Å². The van der Waals surface area contributed by atoms with Crippen molar-refractivity contribution in [3.05, 3.63) is 47.7 Å². The predicted molar refractivity (Wildman–Crippen MR) is 78.2 cm³/mol. The lowest BCUT2D eigenvalue weighted by atomic mass is 10.1. The van der Waals surface area contributed by atoms with E-state index in [2.05, 4.69) is 0 Å². The predicted octanol–water partition coefficient (Wildman–Crippen LogP) is 3.85. The summed E-state index contributed by atoms with van der Waals surface area (Å²) in [5, 5.41) is 0. The zero-order valence-electron chi connectivity index (χ0n) is 11.4. The van der Waals surface area contributed by atoms with Gasteiger partial charge in [-0.1, -0.05) is 24.3 Å². The summed E-state index contributed by atoms with van der Waals surface area (Å²) in [5.41, 5.74) is 1.77. The molecule has 19 heavy (non-hydrogen) atoms. The van der Waals surface area contributed by atoms with Crippen LogP contribution in [-0.4, -0.2) is 13.4 Å². The minimum absolute atomic E-state index is 0.624. The molecule has 0 amide bonds. The molecule has 0 saturated heterocycles. The lowest BCUT2D eigenvalue weighted by Crippen LogP contribution is -1.94. The van der Waals surface area contributed by atoms with Crippen LogP contribution < -0.4 is 9.47 Å². The second kappa shape index (κ2) is 7.93. The third-order valence-electron chi connectivity index (χ3n) is 2.36. The van der Waals surface area contributed by atoms with Gasteiger partial charge in [0.25, 0.3) is 0 Å². The first-order valence-electron chi connectivity index (χ1n) is 6.01. The number of carbonyl (C=O) groups excluding carboxylic acids is 1. The third kappa shape index (κ3) is 4.14. The Balaban J connectivity index is 3.34. The summed E-state index contributed by atoms with van der Waals surface area (Å²) >= 11 is 0. The smallest absolute Gasteiger partial charge is 0.175 e. The van der Waals surface area contributed by atoms with Crippen molar-refractivity contribution < 1.29 is 14.3 Å². The molecule has 0 bridgehead atoms. The molecule has 0 atom stereocenters. The van der Waals surface area contributed by atoms with Crippen molar-refractivity contribution in [2.24, 2.45) is 0 Å². The van der Waals surface area contributed by atoms with Crippen LogP contribution in [0.3, 0.4) is 0 Å². The Kier molecular flexibility index (Phi) is 6.16. The molecule has 0 aliphatic rings. The lowest BCUT2D eigenvalue weighted by molar-refractivity contribution is -0.104. The van der Waals surface area contributed by atoms with Gasteiger partial charge < -0.3 is 9.47 Å². The van der Waals surface area contributed by atoms with Gasteiger partial charge in [-0.2, -0.15) is 0 Å². The van der Waals surface area contributed by atoms with Crippen LogP contribution in [0, 0.1) is 0 Å². The van der Waals surface area contributed by atoms with Crippen molar-refractivity contribution in [1.29, 1.82) is 0 Å². The molecule has 0 heterocycles. The summed E-state index contributed by atoms with van der Waals surface area (Å²) in [4.78, 5) is 10.4. The van der Waals surface area contributed by atoms with E-state index in [0.29, 0.717) is 11.5 Å². The Bertz CT molecular complexity index is 511. The maximum absolute atomic E-state index is 10.4. The van der Waals surface area contributed by atoms with Crippen molar-refractivity contribution in [1.82, 2.24) is 0 Å². The lowest BCUT2D eigenvalue weighted by Gasteiger charge is -2.12. The summed E-state index contributed by atoms with van der Waals surface area (Å²) in [5.74, 6) is 1.28. The van der Waals surface area contributed by atoms with Crippen molar-refractivity contribution in [2.75, 3.05) is 7.11 Å². The summed E-state index contributed by atoms with van der Waals surface area (Å²) in [6.07, 6.45) is 11.2. The van der Waals surface area contributed by atoms with Crippen LogP contribution in [-0.2, 0) is 4.79 Å². The molecular weight excluding hydrogens is 240 g/mol. The molecule has 0 radical (unpaired) electrons. The fraction of sp³-hybridized carbons (Fsp3) is 0.188. The average molecular weight is 258 g/mol. The number of hydrogen-bond donors (Lipinski definition) is 0. The maximum atomic E-state index is 10.4. The molecule has 1 aromatic rings. The van der Waals surface area contributed by atoms with Crippen molar-refractivity contribution in [3.63, 3.8) is 0 Å². The second-order valence-electron chi connectivity index (χ2n) is 3.72. The van der Waals surface area contributed by atoms with Gasteiger partial charge >= 0.3 is 0 Å². The van der Waals surface area contributed by atoms with Gasteiger partial charge in [0.1, 0.15) is 6.29 Å². The first-order valence-corrected chi connectivity index (χ1v) is 6.01. The zero-order valence-corrected chi connectivity index (χ0v) is 11.4. The SMILES string of the molecule is CC=COc1c(C=CC)cc(/C=C/C=O)cc1OC. The van der Waals surface area contributed by atoms with Gasteiger partial charge in [-0.3, -0.25) is 4.79 Å². The second-order valence-corrected chi connectivity index (χ2v) is 3.72. The number of allylic oxidation sites excluding steroid dienone is 3. The Hall–Kier alpha value is -2.29. The molecule has 3 heteroatoms. The van der Waals surface area contributed by atoms with Crippen LogP contribution in [0.5, 0.6) is 11.5 Å². The fourth-order valence-corrected chi connectivity index (χ4v) is 1.61. The van der Waals surface area contributed by atoms with E-state index in [9.17, 15) is 4.79 Å². The Labute approximate surface area is 113 Å². The average Bonchev–Trinajstić information content (AvgIpc) is 2.43. The van der Waals surface area contributed by atoms with Gasteiger partial charge in [0.05, 0.1) is 13.4 Å². The molecule has 0 aromatic heterocycles. The Morgan fingerprint density at radius 2 is 1.89 bits per heavy atom. The van der Waals surface area contributed by atoms with E-state index in [1.165, 1.54) is 6.08 Å². The number of aldehydes is 1. The quantitative estimate of drug-likeness (QED) is 0.441. The van der Waals surface area contributed by atoms with Crippen LogP contribution in [0.15, 0.2) is 36.6 Å². The van der Waals surface area contributed by atoms with E-state index < -0.39 is 0 Å². The van der Waals surface area contributed by atoms with Gasteiger partial charge in [0, 0.05) is 5.56 Å². The summed E-state index contributed by atoms with van der Waals surface area (Å²) < 4.78 is 10.9. The molecular formula is C16H18O3. The highest BCUT2D eigenvalue weighted by Crippen LogP contribution is 2.34. The maximum Gasteiger partial charge on any atom is 0.175 e. The number of hydrogen-bond acceptors (Lipinski definition) is 3. The van der Waals surface area contributed by atoms with Gasteiger partial charge in [-0.05, 0) is 37.6 Å². The molecule has 0 aliphatic heterocycles. The highest BCUT2D eigenvalue weighted by molar-refractivity contribution is 5.76. The molecule has 0 N–H and O–H groups in total. The molecule has 100 valence electrons. The molecule has 1 rings (SSSR count). The number of methoxy groups -OCH3 is 1. The highest BCUT2D eigenvalue weighted by Gasteiger charge is 2.10. The number of carbonyl (C=O) groups is 1. The molecule has 0 unspecified atom stereocenters. The molecule has 3 nitrogen and oxygen atoms in total. The van der Waals surface area contributed by atoms with E-state index in [0.717, 1.165) is 17.4 Å². The van der Waals surface area contributed by atoms with E-state index in [4.69, 9.17) is 9.47 Å².